The lowest BCUT2D eigenvalue weighted by atomic mass is 9.75. The average Bonchev–Trinajstić information content (AvgIpc) is 3.29. The molecule has 1 aliphatic heterocycles. The zero-order chi connectivity index (χ0) is 20.7. The SMILES string of the molecule is COC(=O)[C@@]1(OCc2ccc(OC)cc2)CCC=C[C@@H]1/C(C)=C/CC1OCCO1. The van der Waals surface area contributed by atoms with Crippen LogP contribution in [0.1, 0.15) is 31.7 Å². The Bertz CT molecular complexity index is 732. The van der Waals surface area contributed by atoms with Crippen LogP contribution in [-0.2, 0) is 30.3 Å². The van der Waals surface area contributed by atoms with E-state index in [9.17, 15) is 4.79 Å². The second-order valence-corrected chi connectivity index (χ2v) is 7.32. The maximum atomic E-state index is 12.9. The predicted molar refractivity (Wildman–Crippen MR) is 108 cm³/mol. The normalized spacial score (nSPS) is 25.2. The lowest BCUT2D eigenvalue weighted by Crippen LogP contribution is -2.50. The van der Waals surface area contributed by atoms with Crippen LogP contribution in [0.15, 0.2) is 48.1 Å². The Hall–Kier alpha value is -2.15. The molecular weight excluding hydrogens is 372 g/mol. The first kappa shape index (κ1) is 21.6. The van der Waals surface area contributed by atoms with E-state index in [1.807, 2.05) is 31.2 Å². The molecule has 1 fully saturated rings. The third kappa shape index (κ3) is 5.07. The Labute approximate surface area is 172 Å². The zero-order valence-electron chi connectivity index (χ0n) is 17.4. The van der Waals surface area contributed by atoms with Gasteiger partial charge in [-0.3, -0.25) is 0 Å². The monoisotopic (exact) mass is 402 g/mol. The first-order chi connectivity index (χ1) is 14.1. The molecule has 1 heterocycles. The number of methoxy groups -OCH3 is 2. The van der Waals surface area contributed by atoms with Gasteiger partial charge in [-0.25, -0.2) is 4.79 Å². The van der Waals surface area contributed by atoms with Crippen LogP contribution in [0.3, 0.4) is 0 Å². The fourth-order valence-corrected chi connectivity index (χ4v) is 3.87. The average molecular weight is 402 g/mol. The molecule has 1 aliphatic carbocycles. The van der Waals surface area contributed by atoms with E-state index in [4.69, 9.17) is 23.7 Å². The van der Waals surface area contributed by atoms with Crippen molar-refractivity contribution < 1.29 is 28.5 Å². The van der Waals surface area contributed by atoms with Crippen molar-refractivity contribution in [3.63, 3.8) is 0 Å². The van der Waals surface area contributed by atoms with Gasteiger partial charge in [-0.15, -0.1) is 0 Å². The molecule has 2 aliphatic rings. The van der Waals surface area contributed by atoms with E-state index in [1.54, 1.807) is 7.11 Å². The van der Waals surface area contributed by atoms with E-state index >= 15 is 0 Å². The van der Waals surface area contributed by atoms with Crippen molar-refractivity contribution in [1.29, 1.82) is 0 Å². The maximum absolute atomic E-state index is 12.9. The van der Waals surface area contributed by atoms with Gasteiger partial charge in [0.25, 0.3) is 0 Å². The summed E-state index contributed by atoms with van der Waals surface area (Å²) in [5, 5.41) is 0. The second kappa shape index (κ2) is 10.1. The molecule has 29 heavy (non-hydrogen) atoms. The highest BCUT2D eigenvalue weighted by Gasteiger charge is 2.48. The van der Waals surface area contributed by atoms with E-state index in [0.29, 0.717) is 32.7 Å². The zero-order valence-corrected chi connectivity index (χ0v) is 17.4. The molecule has 0 radical (unpaired) electrons. The molecule has 158 valence electrons. The Balaban J connectivity index is 1.79. The third-order valence-electron chi connectivity index (χ3n) is 5.51. The molecule has 1 aromatic carbocycles. The lowest BCUT2D eigenvalue weighted by molar-refractivity contribution is -0.178. The molecule has 0 bridgehead atoms. The number of carbonyl (C=O) groups is 1. The number of benzene rings is 1. The van der Waals surface area contributed by atoms with Gasteiger partial charge < -0.3 is 23.7 Å². The fourth-order valence-electron chi connectivity index (χ4n) is 3.87. The summed E-state index contributed by atoms with van der Waals surface area (Å²) in [6, 6.07) is 7.65. The van der Waals surface area contributed by atoms with Gasteiger partial charge in [-0.1, -0.05) is 35.9 Å². The second-order valence-electron chi connectivity index (χ2n) is 7.32. The number of hydrogen-bond donors (Lipinski definition) is 0. The summed E-state index contributed by atoms with van der Waals surface area (Å²) >= 11 is 0. The van der Waals surface area contributed by atoms with Crippen LogP contribution < -0.4 is 4.74 Å². The minimum absolute atomic E-state index is 0.205. The van der Waals surface area contributed by atoms with Gasteiger partial charge in [0.15, 0.2) is 11.9 Å². The lowest BCUT2D eigenvalue weighted by Gasteiger charge is -2.39. The van der Waals surface area contributed by atoms with Crippen molar-refractivity contribution >= 4 is 5.97 Å². The minimum atomic E-state index is -1.05. The highest BCUT2D eigenvalue weighted by atomic mass is 16.7. The first-order valence-electron chi connectivity index (χ1n) is 10.0. The van der Waals surface area contributed by atoms with Crippen molar-refractivity contribution in [3.05, 3.63) is 53.6 Å². The quantitative estimate of drug-likeness (QED) is 0.487. The maximum Gasteiger partial charge on any atom is 0.339 e. The van der Waals surface area contributed by atoms with Crippen LogP contribution in [0.4, 0.5) is 0 Å². The van der Waals surface area contributed by atoms with Gasteiger partial charge in [-0.2, -0.15) is 0 Å². The molecule has 0 aromatic heterocycles. The van der Waals surface area contributed by atoms with Gasteiger partial charge in [0, 0.05) is 12.3 Å². The molecule has 6 heteroatoms. The number of hydrogen-bond acceptors (Lipinski definition) is 6. The molecule has 0 saturated carbocycles. The third-order valence-corrected chi connectivity index (χ3v) is 5.51. The minimum Gasteiger partial charge on any atom is -0.497 e. The van der Waals surface area contributed by atoms with E-state index in [1.165, 1.54) is 7.11 Å². The van der Waals surface area contributed by atoms with Crippen LogP contribution >= 0.6 is 0 Å². The molecule has 3 rings (SSSR count). The molecule has 1 saturated heterocycles. The Morgan fingerprint density at radius 1 is 1.21 bits per heavy atom. The summed E-state index contributed by atoms with van der Waals surface area (Å²) < 4.78 is 27.7. The fraction of sp³-hybridized carbons (Fsp3) is 0.522. The summed E-state index contributed by atoms with van der Waals surface area (Å²) in [7, 11) is 3.04. The number of ether oxygens (including phenoxy) is 5. The van der Waals surface area contributed by atoms with E-state index in [2.05, 4.69) is 18.2 Å². The van der Waals surface area contributed by atoms with E-state index in [0.717, 1.165) is 23.3 Å². The Kier molecular flexibility index (Phi) is 7.47. The highest BCUT2D eigenvalue weighted by molar-refractivity contribution is 5.81. The molecule has 0 N–H and O–H groups in total. The largest absolute Gasteiger partial charge is 0.497 e. The van der Waals surface area contributed by atoms with Crippen molar-refractivity contribution in [2.24, 2.45) is 5.92 Å². The van der Waals surface area contributed by atoms with Crippen molar-refractivity contribution in [2.75, 3.05) is 27.4 Å². The predicted octanol–water partition coefficient (Wildman–Crippen LogP) is 3.80. The van der Waals surface area contributed by atoms with Crippen molar-refractivity contribution in [2.45, 2.75) is 44.7 Å². The molecule has 6 nitrogen and oxygen atoms in total. The van der Waals surface area contributed by atoms with Gasteiger partial charge in [0.05, 0.1) is 34.0 Å². The number of rotatable bonds is 8. The number of allylic oxidation sites excluding steroid dienone is 1. The first-order valence-corrected chi connectivity index (χ1v) is 10.0. The van der Waals surface area contributed by atoms with E-state index in [-0.39, 0.29) is 18.2 Å². The summed E-state index contributed by atoms with van der Waals surface area (Å²) in [4.78, 5) is 12.9. The Morgan fingerprint density at radius 3 is 2.59 bits per heavy atom. The molecule has 0 amide bonds. The van der Waals surface area contributed by atoms with Crippen LogP contribution in [0, 0.1) is 5.92 Å². The van der Waals surface area contributed by atoms with Gasteiger partial charge in [0.1, 0.15) is 5.75 Å². The van der Waals surface area contributed by atoms with Gasteiger partial charge >= 0.3 is 5.97 Å². The summed E-state index contributed by atoms with van der Waals surface area (Å²) in [6.07, 6.45) is 7.98. The smallest absolute Gasteiger partial charge is 0.339 e. The molecule has 0 spiro atoms. The van der Waals surface area contributed by atoms with Gasteiger partial charge in [0.2, 0.25) is 0 Å². The van der Waals surface area contributed by atoms with E-state index < -0.39 is 5.60 Å². The standard InChI is InChI=1S/C23H30O6/c1-17(7-12-21-27-14-15-28-21)20-6-4-5-13-23(20,22(24)26-3)29-16-18-8-10-19(25-2)11-9-18/h4,6-11,20-21H,5,12-16H2,1-3H3/b17-7+/t20-,23-/m1/s1. The van der Waals surface area contributed by atoms with Crippen LogP contribution in [0.5, 0.6) is 5.75 Å². The van der Waals surface area contributed by atoms with Crippen molar-refractivity contribution in [3.8, 4) is 5.75 Å². The highest BCUT2D eigenvalue weighted by Crippen LogP contribution is 2.39. The summed E-state index contributed by atoms with van der Waals surface area (Å²) in [5.74, 6) is 0.231. The number of esters is 1. The van der Waals surface area contributed by atoms with Crippen molar-refractivity contribution in [1.82, 2.24) is 0 Å². The van der Waals surface area contributed by atoms with Crippen LogP contribution in [-0.4, -0.2) is 45.3 Å². The van der Waals surface area contributed by atoms with Crippen LogP contribution in [0.25, 0.3) is 0 Å². The Morgan fingerprint density at radius 2 is 1.93 bits per heavy atom. The van der Waals surface area contributed by atoms with Gasteiger partial charge in [-0.05, 0) is 37.5 Å². The molecule has 0 unspecified atom stereocenters. The topological polar surface area (TPSA) is 63.2 Å². The molecule has 2 atom stereocenters. The summed E-state index contributed by atoms with van der Waals surface area (Å²) in [5.41, 5.74) is 0.957. The number of carbonyl (C=O) groups excluding carboxylic acids is 1. The molecule has 1 aromatic rings. The summed E-state index contributed by atoms with van der Waals surface area (Å²) in [6.45, 7) is 3.57. The molecular formula is C23H30O6. The van der Waals surface area contributed by atoms with Crippen LogP contribution in [0.2, 0.25) is 0 Å².